The van der Waals surface area contributed by atoms with Crippen LogP contribution >= 0.6 is 11.8 Å². The summed E-state index contributed by atoms with van der Waals surface area (Å²) in [5.74, 6) is -0.690. The summed E-state index contributed by atoms with van der Waals surface area (Å²) in [6, 6.07) is 0.165. The maximum Gasteiger partial charge on any atom is 0.313 e. The minimum absolute atomic E-state index is 0.0162. The van der Waals surface area contributed by atoms with Gasteiger partial charge in [-0.1, -0.05) is 0 Å². The topological polar surface area (TPSA) is 57.6 Å². The zero-order valence-corrected chi connectivity index (χ0v) is 8.93. The van der Waals surface area contributed by atoms with Gasteiger partial charge in [0.15, 0.2) is 0 Å². The zero-order valence-electron chi connectivity index (χ0n) is 8.11. The molecule has 0 unspecified atom stereocenters. The summed E-state index contributed by atoms with van der Waals surface area (Å²) in [5.41, 5.74) is 0. The molecule has 1 amide bonds. The lowest BCUT2D eigenvalue weighted by Crippen LogP contribution is -2.34. The summed E-state index contributed by atoms with van der Waals surface area (Å²) in [4.78, 5) is 23.0. The van der Waals surface area contributed by atoms with E-state index in [-0.39, 0.29) is 23.5 Å². The van der Waals surface area contributed by atoms with Gasteiger partial charge in [-0.05, 0) is 13.8 Å². The number of aliphatic carboxylic acids is 1. The number of hydrogen-bond acceptors (Lipinski definition) is 3. The Bertz CT molecular complexity index is 194. The van der Waals surface area contributed by atoms with Crippen molar-refractivity contribution in [2.45, 2.75) is 19.9 Å². The quantitative estimate of drug-likeness (QED) is 0.716. The molecule has 0 aromatic heterocycles. The maximum absolute atomic E-state index is 11.3. The van der Waals surface area contributed by atoms with Crippen molar-refractivity contribution in [1.82, 2.24) is 4.90 Å². The van der Waals surface area contributed by atoms with Crippen LogP contribution < -0.4 is 0 Å². The van der Waals surface area contributed by atoms with E-state index in [1.165, 1.54) is 0 Å². The van der Waals surface area contributed by atoms with E-state index >= 15 is 0 Å². The molecule has 0 heterocycles. The van der Waals surface area contributed by atoms with E-state index in [4.69, 9.17) is 5.11 Å². The van der Waals surface area contributed by atoms with Gasteiger partial charge in [-0.25, -0.2) is 0 Å². The van der Waals surface area contributed by atoms with E-state index in [0.717, 1.165) is 11.8 Å². The Morgan fingerprint density at radius 1 is 1.38 bits per heavy atom. The van der Waals surface area contributed by atoms with Crippen molar-refractivity contribution in [2.24, 2.45) is 0 Å². The number of carbonyl (C=O) groups is 2. The molecule has 0 aliphatic carbocycles. The molecule has 0 aliphatic heterocycles. The normalized spacial score (nSPS) is 10.2. The van der Waals surface area contributed by atoms with Gasteiger partial charge >= 0.3 is 5.97 Å². The fourth-order valence-electron chi connectivity index (χ4n) is 0.615. The molecule has 0 aromatic rings. The van der Waals surface area contributed by atoms with Crippen LogP contribution in [0, 0.1) is 0 Å². The van der Waals surface area contributed by atoms with Crippen LogP contribution in [0.4, 0.5) is 0 Å². The monoisotopic (exact) mass is 205 g/mol. The van der Waals surface area contributed by atoms with Crippen molar-refractivity contribution in [3.05, 3.63) is 0 Å². The van der Waals surface area contributed by atoms with Crippen LogP contribution in [0.25, 0.3) is 0 Å². The third kappa shape index (κ3) is 5.52. The highest BCUT2D eigenvalue weighted by Gasteiger charge is 2.11. The van der Waals surface area contributed by atoms with Gasteiger partial charge in [0.2, 0.25) is 5.91 Å². The fourth-order valence-corrected chi connectivity index (χ4v) is 1.27. The number of carbonyl (C=O) groups excluding carboxylic acids is 1. The first kappa shape index (κ1) is 12.3. The summed E-state index contributed by atoms with van der Waals surface area (Å²) in [5, 5.41) is 8.33. The molecule has 0 radical (unpaired) electrons. The Hall–Kier alpha value is -0.710. The summed E-state index contributed by atoms with van der Waals surface area (Å²) in [7, 11) is 1.72. The third-order valence-electron chi connectivity index (χ3n) is 1.62. The molecule has 0 atom stereocenters. The minimum Gasteiger partial charge on any atom is -0.481 e. The standard InChI is InChI=1S/C8H15NO3S/c1-6(2)9(3)7(10)4-13-5-8(11)12/h6H,4-5H2,1-3H3,(H,11,12). The van der Waals surface area contributed by atoms with E-state index < -0.39 is 5.97 Å². The number of rotatable bonds is 5. The number of carboxylic acids is 1. The van der Waals surface area contributed by atoms with Crippen molar-refractivity contribution in [1.29, 1.82) is 0 Å². The second-order valence-electron chi connectivity index (χ2n) is 2.98. The molecule has 4 nitrogen and oxygen atoms in total. The average molecular weight is 205 g/mol. The Balaban J connectivity index is 3.68. The van der Waals surface area contributed by atoms with Gasteiger partial charge in [-0.3, -0.25) is 9.59 Å². The highest BCUT2D eigenvalue weighted by atomic mass is 32.2. The zero-order chi connectivity index (χ0) is 10.4. The predicted octanol–water partition coefficient (Wildman–Crippen LogP) is 0.671. The molecule has 0 saturated carbocycles. The number of amides is 1. The van der Waals surface area contributed by atoms with Gasteiger partial charge in [0.1, 0.15) is 0 Å². The van der Waals surface area contributed by atoms with Crippen LogP contribution in [-0.2, 0) is 9.59 Å². The number of thioether (sulfide) groups is 1. The Labute approximate surface area is 82.3 Å². The maximum atomic E-state index is 11.3. The molecule has 0 aromatic carbocycles. The molecule has 0 rings (SSSR count). The van der Waals surface area contributed by atoms with E-state index in [1.807, 2.05) is 13.8 Å². The van der Waals surface area contributed by atoms with Crippen molar-refractivity contribution < 1.29 is 14.7 Å². The molecule has 76 valence electrons. The van der Waals surface area contributed by atoms with Crippen LogP contribution in [0.5, 0.6) is 0 Å². The predicted molar refractivity (Wildman–Crippen MR) is 52.9 cm³/mol. The molecule has 0 spiro atoms. The van der Waals surface area contributed by atoms with Crippen LogP contribution in [-0.4, -0.2) is 46.5 Å². The molecule has 0 saturated heterocycles. The second kappa shape index (κ2) is 5.85. The van der Waals surface area contributed by atoms with Crippen molar-refractivity contribution >= 4 is 23.6 Å². The van der Waals surface area contributed by atoms with Gasteiger partial charge in [-0.15, -0.1) is 11.8 Å². The molecule has 0 aliphatic rings. The summed E-state index contributed by atoms with van der Waals surface area (Å²) in [6.45, 7) is 3.83. The molecule has 0 bridgehead atoms. The summed E-state index contributed by atoms with van der Waals surface area (Å²) in [6.07, 6.45) is 0. The average Bonchev–Trinajstić information content (AvgIpc) is 2.02. The van der Waals surface area contributed by atoms with Crippen LogP contribution in [0.3, 0.4) is 0 Å². The van der Waals surface area contributed by atoms with Crippen molar-refractivity contribution in [3.8, 4) is 0 Å². The smallest absolute Gasteiger partial charge is 0.313 e. The third-order valence-corrected chi connectivity index (χ3v) is 2.52. The van der Waals surface area contributed by atoms with Crippen LogP contribution in [0.1, 0.15) is 13.8 Å². The molecule has 1 N–H and O–H groups in total. The van der Waals surface area contributed by atoms with Gasteiger partial charge < -0.3 is 10.0 Å². The summed E-state index contributed by atoms with van der Waals surface area (Å²) >= 11 is 1.12. The molecule has 13 heavy (non-hydrogen) atoms. The second-order valence-corrected chi connectivity index (χ2v) is 3.97. The van der Waals surface area contributed by atoms with Crippen LogP contribution in [0.15, 0.2) is 0 Å². The first-order valence-electron chi connectivity index (χ1n) is 4.00. The van der Waals surface area contributed by atoms with E-state index in [1.54, 1.807) is 11.9 Å². The van der Waals surface area contributed by atoms with E-state index in [2.05, 4.69) is 0 Å². The lowest BCUT2D eigenvalue weighted by atomic mass is 10.3. The first-order valence-corrected chi connectivity index (χ1v) is 5.15. The Morgan fingerprint density at radius 2 is 1.92 bits per heavy atom. The van der Waals surface area contributed by atoms with Gasteiger partial charge in [-0.2, -0.15) is 0 Å². The molecule has 0 fully saturated rings. The van der Waals surface area contributed by atoms with Gasteiger partial charge in [0, 0.05) is 13.1 Å². The van der Waals surface area contributed by atoms with E-state index in [9.17, 15) is 9.59 Å². The highest BCUT2D eigenvalue weighted by molar-refractivity contribution is 8.00. The van der Waals surface area contributed by atoms with Crippen molar-refractivity contribution in [2.75, 3.05) is 18.6 Å². The van der Waals surface area contributed by atoms with Gasteiger partial charge in [0.25, 0.3) is 0 Å². The number of nitrogens with zero attached hydrogens (tertiary/aromatic N) is 1. The minimum atomic E-state index is -0.884. The highest BCUT2D eigenvalue weighted by Crippen LogP contribution is 2.03. The number of hydrogen-bond donors (Lipinski definition) is 1. The fraction of sp³-hybridized carbons (Fsp3) is 0.750. The van der Waals surface area contributed by atoms with Crippen LogP contribution in [0.2, 0.25) is 0 Å². The summed E-state index contributed by atoms with van der Waals surface area (Å²) < 4.78 is 0. The first-order chi connectivity index (χ1) is 5.95. The van der Waals surface area contributed by atoms with Gasteiger partial charge in [0.05, 0.1) is 11.5 Å². The lowest BCUT2D eigenvalue weighted by molar-refractivity contribution is -0.133. The molecule has 5 heteroatoms. The Morgan fingerprint density at radius 3 is 2.31 bits per heavy atom. The largest absolute Gasteiger partial charge is 0.481 e. The molecular weight excluding hydrogens is 190 g/mol. The number of carboxylic acid groups (broad SMARTS) is 1. The SMILES string of the molecule is CC(C)N(C)C(=O)CSCC(=O)O. The van der Waals surface area contributed by atoms with Crippen molar-refractivity contribution in [3.63, 3.8) is 0 Å². The van der Waals surface area contributed by atoms with E-state index in [0.29, 0.717) is 0 Å². The molecular formula is C8H15NO3S. The Kier molecular flexibility index (Phi) is 5.53. The lowest BCUT2D eigenvalue weighted by Gasteiger charge is -2.20.